The zero-order valence-corrected chi connectivity index (χ0v) is 7.05. The lowest BCUT2D eigenvalue weighted by atomic mass is 10.2. The second-order valence-corrected chi connectivity index (χ2v) is 2.77. The maximum absolute atomic E-state index is 11.0. The molecule has 0 saturated carbocycles. The molecule has 1 aromatic rings. The van der Waals surface area contributed by atoms with Gasteiger partial charge in [-0.25, -0.2) is 0 Å². The summed E-state index contributed by atoms with van der Waals surface area (Å²) >= 11 is 0.657. The van der Waals surface area contributed by atoms with E-state index in [0.717, 1.165) is 0 Å². The summed E-state index contributed by atoms with van der Waals surface area (Å²) in [7, 11) is 0. The number of rotatable bonds is 3. The van der Waals surface area contributed by atoms with Gasteiger partial charge >= 0.3 is 0 Å². The fraction of sp³-hybridized carbons (Fsp3) is 0.333. The Hall–Kier alpha value is -1.30. The molecule has 0 aliphatic carbocycles. The number of carbonyl (C=O) groups is 2. The molecule has 0 radical (unpaired) electrons. The molecule has 0 saturated heterocycles. The summed E-state index contributed by atoms with van der Waals surface area (Å²) in [6, 6.07) is 0. The van der Waals surface area contributed by atoms with E-state index in [-0.39, 0.29) is 22.8 Å². The number of carboxylic acids is 1. The lowest BCUT2D eigenvalue weighted by Gasteiger charge is -1.97. The highest BCUT2D eigenvalue weighted by atomic mass is 32.1. The van der Waals surface area contributed by atoms with Gasteiger partial charge in [-0.1, -0.05) is 11.4 Å². The van der Waals surface area contributed by atoms with Gasteiger partial charge in [0.05, 0.1) is 5.97 Å². The molecule has 64 valence electrons. The molecule has 12 heavy (non-hydrogen) atoms. The number of nitrogens with zero attached hydrogens (tertiary/aromatic N) is 2. The molecule has 0 unspecified atom stereocenters. The van der Waals surface area contributed by atoms with E-state index in [1.807, 2.05) is 0 Å². The lowest BCUT2D eigenvalue weighted by molar-refractivity contribution is -0.254. The highest BCUT2D eigenvalue weighted by Crippen LogP contribution is 2.10. The van der Waals surface area contributed by atoms with E-state index in [9.17, 15) is 14.7 Å². The van der Waals surface area contributed by atoms with Gasteiger partial charge in [-0.3, -0.25) is 4.79 Å². The lowest BCUT2D eigenvalue weighted by Crippen LogP contribution is -2.23. The highest BCUT2D eigenvalue weighted by Gasteiger charge is 2.14. The molecule has 0 aliphatic heterocycles. The Bertz CT molecular complexity index is 320. The first-order chi connectivity index (χ1) is 5.66. The second kappa shape index (κ2) is 3.40. The summed E-state index contributed by atoms with van der Waals surface area (Å²) in [6.07, 6.45) is 0.214. The van der Waals surface area contributed by atoms with Gasteiger partial charge in [0.1, 0.15) is 4.88 Å². The number of Topliss-reactive ketones (excluding diaryl/α,β-unsaturated/α-hetero) is 1. The maximum atomic E-state index is 11.0. The van der Waals surface area contributed by atoms with Crippen LogP contribution in [0.3, 0.4) is 0 Å². The van der Waals surface area contributed by atoms with Crippen LogP contribution in [-0.4, -0.2) is 21.3 Å². The number of aromatic nitrogens is 2. The van der Waals surface area contributed by atoms with Crippen LogP contribution in [0.25, 0.3) is 0 Å². The maximum Gasteiger partial charge on any atom is 0.184 e. The van der Waals surface area contributed by atoms with Crippen LogP contribution in [0.5, 0.6) is 0 Å². The summed E-state index contributed by atoms with van der Waals surface area (Å²) in [5.41, 5.74) is -0.0949. The van der Waals surface area contributed by atoms with Crippen LogP contribution in [0.1, 0.15) is 33.5 Å². The van der Waals surface area contributed by atoms with Crippen LogP contribution in [0, 0.1) is 0 Å². The standard InChI is InChI=1S/C6H6N2O3S/c1-2-3(9)4-5(6(10)11)12-8-7-4/h2H2,1H3,(H,10,11)/p-1. The molecule has 0 bridgehead atoms. The molecule has 0 aliphatic rings. The predicted octanol–water partition coefficient (Wildman–Crippen LogP) is -0.506. The zero-order valence-electron chi connectivity index (χ0n) is 6.23. The van der Waals surface area contributed by atoms with E-state index in [4.69, 9.17) is 0 Å². The monoisotopic (exact) mass is 185 g/mol. The van der Waals surface area contributed by atoms with Gasteiger partial charge in [0, 0.05) is 6.42 Å². The molecule has 1 rings (SSSR count). The van der Waals surface area contributed by atoms with Gasteiger partial charge in [-0.05, 0) is 11.5 Å². The third-order valence-electron chi connectivity index (χ3n) is 1.26. The molecule has 0 aromatic carbocycles. The van der Waals surface area contributed by atoms with Gasteiger partial charge in [0.25, 0.3) is 0 Å². The Morgan fingerprint density at radius 1 is 1.58 bits per heavy atom. The molecular weight excluding hydrogens is 180 g/mol. The normalized spacial score (nSPS) is 9.75. The van der Waals surface area contributed by atoms with Crippen LogP contribution in [0.15, 0.2) is 0 Å². The SMILES string of the molecule is CCC(=O)c1nnsc1C(=O)[O-]. The molecule has 0 atom stereocenters. The minimum Gasteiger partial charge on any atom is -0.544 e. The quantitative estimate of drug-likeness (QED) is 0.592. The summed E-state index contributed by atoms with van der Waals surface area (Å²) in [4.78, 5) is 21.2. The summed E-state index contributed by atoms with van der Waals surface area (Å²) in [5, 5.41) is 13.8. The Kier molecular flexibility index (Phi) is 2.49. The van der Waals surface area contributed by atoms with Crippen molar-refractivity contribution in [3.05, 3.63) is 10.6 Å². The average Bonchev–Trinajstić information content (AvgIpc) is 2.50. The third kappa shape index (κ3) is 1.48. The van der Waals surface area contributed by atoms with E-state index in [2.05, 4.69) is 9.59 Å². The van der Waals surface area contributed by atoms with E-state index < -0.39 is 5.97 Å². The fourth-order valence-electron chi connectivity index (χ4n) is 0.674. The first-order valence-corrected chi connectivity index (χ1v) is 4.01. The number of carboxylic acid groups (broad SMARTS) is 1. The van der Waals surface area contributed by atoms with Gasteiger partial charge < -0.3 is 9.90 Å². The van der Waals surface area contributed by atoms with Gasteiger partial charge in [-0.2, -0.15) is 0 Å². The zero-order chi connectivity index (χ0) is 9.14. The highest BCUT2D eigenvalue weighted by molar-refractivity contribution is 7.08. The van der Waals surface area contributed by atoms with Crippen molar-refractivity contribution < 1.29 is 14.7 Å². The molecule has 0 fully saturated rings. The Balaban J connectivity index is 3.07. The average molecular weight is 185 g/mol. The molecule has 0 amide bonds. The Morgan fingerprint density at radius 3 is 2.75 bits per heavy atom. The number of hydrogen-bond donors (Lipinski definition) is 0. The van der Waals surface area contributed by atoms with E-state index in [1.165, 1.54) is 0 Å². The molecule has 0 spiro atoms. The van der Waals surface area contributed by atoms with Crippen LogP contribution < -0.4 is 5.11 Å². The molecular formula is C6H5N2O3S-. The Labute approximate surface area is 72.2 Å². The van der Waals surface area contributed by atoms with Crippen molar-refractivity contribution in [2.45, 2.75) is 13.3 Å². The van der Waals surface area contributed by atoms with Crippen molar-refractivity contribution in [3.63, 3.8) is 0 Å². The van der Waals surface area contributed by atoms with E-state index >= 15 is 0 Å². The fourth-order valence-corrected chi connectivity index (χ4v) is 1.19. The smallest absolute Gasteiger partial charge is 0.184 e. The summed E-state index contributed by atoms with van der Waals surface area (Å²) in [5.74, 6) is -1.73. The topological polar surface area (TPSA) is 83.0 Å². The first kappa shape index (κ1) is 8.79. The summed E-state index contributed by atoms with van der Waals surface area (Å²) < 4.78 is 3.36. The minimum atomic E-state index is -1.40. The van der Waals surface area contributed by atoms with Crippen LogP contribution in [0.4, 0.5) is 0 Å². The van der Waals surface area contributed by atoms with Crippen molar-refractivity contribution in [2.24, 2.45) is 0 Å². The second-order valence-electron chi connectivity index (χ2n) is 2.01. The van der Waals surface area contributed by atoms with Gasteiger partial charge in [-0.15, -0.1) is 5.10 Å². The van der Waals surface area contributed by atoms with E-state index in [1.54, 1.807) is 6.92 Å². The van der Waals surface area contributed by atoms with E-state index in [0.29, 0.717) is 11.5 Å². The van der Waals surface area contributed by atoms with Crippen LogP contribution >= 0.6 is 11.5 Å². The number of aromatic carboxylic acids is 1. The molecule has 1 heterocycles. The predicted molar refractivity (Wildman–Crippen MR) is 38.9 cm³/mol. The summed E-state index contributed by atoms with van der Waals surface area (Å²) in [6.45, 7) is 1.63. The first-order valence-electron chi connectivity index (χ1n) is 3.23. The van der Waals surface area contributed by atoms with Crippen molar-refractivity contribution in [3.8, 4) is 0 Å². The molecule has 0 N–H and O–H groups in total. The van der Waals surface area contributed by atoms with Gasteiger partial charge in [0.2, 0.25) is 0 Å². The number of carbonyl (C=O) groups excluding carboxylic acids is 2. The largest absolute Gasteiger partial charge is 0.544 e. The van der Waals surface area contributed by atoms with Crippen LogP contribution in [-0.2, 0) is 0 Å². The van der Waals surface area contributed by atoms with Crippen LogP contribution in [0.2, 0.25) is 0 Å². The van der Waals surface area contributed by atoms with Crippen molar-refractivity contribution in [1.29, 1.82) is 0 Å². The van der Waals surface area contributed by atoms with Crippen molar-refractivity contribution >= 4 is 23.3 Å². The molecule has 6 heteroatoms. The van der Waals surface area contributed by atoms with Crippen molar-refractivity contribution in [1.82, 2.24) is 9.59 Å². The Morgan fingerprint density at radius 2 is 2.25 bits per heavy atom. The number of hydrogen-bond acceptors (Lipinski definition) is 6. The molecule has 5 nitrogen and oxygen atoms in total. The number of ketones is 1. The minimum absolute atomic E-state index is 0.0949. The van der Waals surface area contributed by atoms with Crippen molar-refractivity contribution in [2.75, 3.05) is 0 Å². The molecule has 1 aromatic heterocycles. The third-order valence-corrected chi connectivity index (χ3v) is 1.96. The van der Waals surface area contributed by atoms with Gasteiger partial charge in [0.15, 0.2) is 11.5 Å².